The molecule has 0 aromatic heterocycles. The van der Waals surface area contributed by atoms with E-state index in [1.54, 1.807) is 18.2 Å². The zero-order valence-corrected chi connectivity index (χ0v) is 15.1. The Bertz CT molecular complexity index is 783. The van der Waals surface area contributed by atoms with Crippen LogP contribution in [-0.2, 0) is 4.79 Å². The molecule has 0 radical (unpaired) electrons. The van der Waals surface area contributed by atoms with E-state index in [-0.39, 0.29) is 12.1 Å². The van der Waals surface area contributed by atoms with Crippen LogP contribution in [0.5, 0.6) is 0 Å². The predicted octanol–water partition coefficient (Wildman–Crippen LogP) is 4.62. The Kier molecular flexibility index (Phi) is 6.79. The van der Waals surface area contributed by atoms with Crippen LogP contribution in [0.4, 0.5) is 10.1 Å². The van der Waals surface area contributed by atoms with Gasteiger partial charge in [-0.25, -0.2) is 4.39 Å². The normalized spacial score (nSPS) is 10.4. The highest BCUT2D eigenvalue weighted by atomic mass is 35.5. The number of benzene rings is 2. The molecular formula is C18H17Cl2FN2O2. The van der Waals surface area contributed by atoms with Crippen LogP contribution in [0.15, 0.2) is 42.5 Å². The molecule has 2 rings (SSSR count). The Hall–Kier alpha value is -2.11. The average molecular weight is 383 g/mol. The maximum atomic E-state index is 13.8. The molecule has 0 fully saturated rings. The molecule has 0 atom stereocenters. The van der Waals surface area contributed by atoms with Gasteiger partial charge in [0.1, 0.15) is 12.4 Å². The lowest BCUT2D eigenvalue weighted by atomic mass is 10.1. The van der Waals surface area contributed by atoms with Crippen molar-refractivity contribution in [3.63, 3.8) is 0 Å². The minimum Gasteiger partial charge on any atom is -0.329 e. The van der Waals surface area contributed by atoms with Crippen LogP contribution in [0.1, 0.15) is 23.7 Å². The number of amides is 2. The zero-order valence-electron chi connectivity index (χ0n) is 13.6. The number of nitrogens with zero attached hydrogens (tertiary/aromatic N) is 1. The summed E-state index contributed by atoms with van der Waals surface area (Å²) in [7, 11) is 0. The number of anilines is 1. The highest BCUT2D eigenvalue weighted by Crippen LogP contribution is 2.25. The van der Waals surface area contributed by atoms with E-state index in [2.05, 4.69) is 5.32 Å². The third kappa shape index (κ3) is 5.18. The topological polar surface area (TPSA) is 49.4 Å². The number of carbonyl (C=O) groups is 2. The standard InChI is InChI=1S/C18H17Cl2FN2O2/c1-2-9-23(18(25)13-5-3-4-6-15(13)21)11-17(24)22-16-8-7-12(19)10-14(16)20/h3-8,10H,2,9,11H2,1H3,(H,22,24). The van der Waals surface area contributed by atoms with Crippen molar-refractivity contribution in [2.75, 3.05) is 18.4 Å². The minimum absolute atomic E-state index is 0.0618. The van der Waals surface area contributed by atoms with Gasteiger partial charge in [-0.2, -0.15) is 0 Å². The number of hydrogen-bond acceptors (Lipinski definition) is 2. The first-order valence-electron chi connectivity index (χ1n) is 7.71. The summed E-state index contributed by atoms with van der Waals surface area (Å²) >= 11 is 11.8. The summed E-state index contributed by atoms with van der Waals surface area (Å²) in [5.74, 6) is -1.57. The first-order chi connectivity index (χ1) is 11.9. The molecule has 0 saturated carbocycles. The molecular weight excluding hydrogens is 366 g/mol. The second-order valence-electron chi connectivity index (χ2n) is 5.38. The summed E-state index contributed by atoms with van der Waals surface area (Å²) in [6.45, 7) is 1.99. The van der Waals surface area contributed by atoms with Gasteiger partial charge in [0.15, 0.2) is 0 Å². The molecule has 0 saturated heterocycles. The Balaban J connectivity index is 2.11. The highest BCUT2D eigenvalue weighted by Gasteiger charge is 2.21. The molecule has 25 heavy (non-hydrogen) atoms. The molecule has 7 heteroatoms. The summed E-state index contributed by atoms with van der Waals surface area (Å²) in [6, 6.07) is 10.4. The van der Waals surface area contributed by atoms with Gasteiger partial charge >= 0.3 is 0 Å². The third-order valence-electron chi connectivity index (χ3n) is 3.42. The Morgan fingerprint density at radius 3 is 2.52 bits per heavy atom. The quantitative estimate of drug-likeness (QED) is 0.791. The number of hydrogen-bond donors (Lipinski definition) is 1. The van der Waals surface area contributed by atoms with Crippen molar-refractivity contribution in [2.24, 2.45) is 0 Å². The van der Waals surface area contributed by atoms with E-state index in [1.807, 2.05) is 6.92 Å². The molecule has 4 nitrogen and oxygen atoms in total. The first kappa shape index (κ1) is 19.2. The molecule has 0 bridgehead atoms. The molecule has 132 valence electrons. The van der Waals surface area contributed by atoms with Crippen LogP contribution in [0.2, 0.25) is 10.0 Å². The largest absolute Gasteiger partial charge is 0.329 e. The van der Waals surface area contributed by atoms with E-state index in [1.165, 1.54) is 29.2 Å². The average Bonchev–Trinajstić information content (AvgIpc) is 2.57. The molecule has 0 aliphatic heterocycles. The van der Waals surface area contributed by atoms with Gasteiger partial charge in [-0.3, -0.25) is 9.59 Å². The van der Waals surface area contributed by atoms with E-state index in [0.29, 0.717) is 28.7 Å². The van der Waals surface area contributed by atoms with Gasteiger partial charge in [-0.1, -0.05) is 42.3 Å². The third-order valence-corrected chi connectivity index (χ3v) is 3.97. The van der Waals surface area contributed by atoms with Crippen molar-refractivity contribution in [3.8, 4) is 0 Å². The molecule has 1 N–H and O–H groups in total. The minimum atomic E-state index is -0.616. The lowest BCUT2D eigenvalue weighted by molar-refractivity contribution is -0.116. The van der Waals surface area contributed by atoms with Gasteiger partial charge in [-0.05, 0) is 36.8 Å². The van der Waals surface area contributed by atoms with Gasteiger partial charge in [0.05, 0.1) is 16.3 Å². The second kappa shape index (κ2) is 8.83. The maximum absolute atomic E-state index is 13.8. The second-order valence-corrected chi connectivity index (χ2v) is 6.22. The Labute approximate surface area is 155 Å². The summed E-state index contributed by atoms with van der Waals surface area (Å²) in [5.41, 5.74) is 0.333. The Morgan fingerprint density at radius 1 is 1.16 bits per heavy atom. The van der Waals surface area contributed by atoms with Crippen molar-refractivity contribution in [1.29, 1.82) is 0 Å². The van der Waals surface area contributed by atoms with Crippen LogP contribution in [0, 0.1) is 5.82 Å². The van der Waals surface area contributed by atoms with Crippen LogP contribution in [0.3, 0.4) is 0 Å². The maximum Gasteiger partial charge on any atom is 0.257 e. The smallest absolute Gasteiger partial charge is 0.257 e. The number of carbonyl (C=O) groups excluding carboxylic acids is 2. The monoisotopic (exact) mass is 382 g/mol. The lowest BCUT2D eigenvalue weighted by Gasteiger charge is -2.22. The van der Waals surface area contributed by atoms with Crippen molar-refractivity contribution in [1.82, 2.24) is 4.90 Å². The molecule has 2 aromatic rings. The molecule has 0 aliphatic rings. The van der Waals surface area contributed by atoms with Crippen molar-refractivity contribution in [3.05, 3.63) is 63.9 Å². The van der Waals surface area contributed by atoms with E-state index < -0.39 is 17.6 Å². The van der Waals surface area contributed by atoms with Crippen molar-refractivity contribution >= 4 is 40.7 Å². The molecule has 0 unspecified atom stereocenters. The van der Waals surface area contributed by atoms with E-state index in [4.69, 9.17) is 23.2 Å². The Morgan fingerprint density at radius 2 is 1.88 bits per heavy atom. The molecule has 2 aromatic carbocycles. The van der Waals surface area contributed by atoms with Crippen LogP contribution in [-0.4, -0.2) is 29.8 Å². The van der Waals surface area contributed by atoms with E-state index in [9.17, 15) is 14.0 Å². The lowest BCUT2D eigenvalue weighted by Crippen LogP contribution is -2.39. The van der Waals surface area contributed by atoms with Crippen LogP contribution in [0.25, 0.3) is 0 Å². The fourth-order valence-corrected chi connectivity index (χ4v) is 2.74. The molecule has 0 aliphatic carbocycles. The number of rotatable bonds is 6. The summed E-state index contributed by atoms with van der Waals surface area (Å²) < 4.78 is 13.8. The SMILES string of the molecule is CCCN(CC(=O)Nc1ccc(Cl)cc1Cl)C(=O)c1ccccc1F. The van der Waals surface area contributed by atoms with E-state index >= 15 is 0 Å². The number of halogens is 3. The van der Waals surface area contributed by atoms with Gasteiger partial charge in [0.25, 0.3) is 5.91 Å². The summed E-state index contributed by atoms with van der Waals surface area (Å²) in [4.78, 5) is 26.1. The fourth-order valence-electron chi connectivity index (χ4n) is 2.28. The van der Waals surface area contributed by atoms with Gasteiger partial charge < -0.3 is 10.2 Å². The van der Waals surface area contributed by atoms with Crippen LogP contribution < -0.4 is 5.32 Å². The van der Waals surface area contributed by atoms with Gasteiger partial charge in [0, 0.05) is 11.6 Å². The van der Waals surface area contributed by atoms with Crippen molar-refractivity contribution < 1.29 is 14.0 Å². The predicted molar refractivity (Wildman–Crippen MR) is 97.7 cm³/mol. The number of nitrogens with one attached hydrogen (secondary N) is 1. The van der Waals surface area contributed by atoms with Crippen molar-refractivity contribution in [2.45, 2.75) is 13.3 Å². The summed E-state index contributed by atoms with van der Waals surface area (Å²) in [5, 5.41) is 3.37. The van der Waals surface area contributed by atoms with Crippen LogP contribution >= 0.6 is 23.2 Å². The fraction of sp³-hybridized carbons (Fsp3) is 0.222. The van der Waals surface area contributed by atoms with Gasteiger partial charge in [0.2, 0.25) is 5.91 Å². The van der Waals surface area contributed by atoms with E-state index in [0.717, 1.165) is 0 Å². The summed E-state index contributed by atoms with van der Waals surface area (Å²) in [6.07, 6.45) is 0.634. The molecule has 0 spiro atoms. The highest BCUT2D eigenvalue weighted by molar-refractivity contribution is 6.36. The van der Waals surface area contributed by atoms with Gasteiger partial charge in [-0.15, -0.1) is 0 Å². The zero-order chi connectivity index (χ0) is 18.4. The molecule has 2 amide bonds. The first-order valence-corrected chi connectivity index (χ1v) is 8.46. The molecule has 0 heterocycles.